The van der Waals surface area contributed by atoms with Crippen LogP contribution in [0.1, 0.15) is 29.8 Å². The van der Waals surface area contributed by atoms with E-state index in [-0.39, 0.29) is 12.4 Å². The molecule has 0 saturated heterocycles. The third-order valence-corrected chi connectivity index (χ3v) is 2.06. The number of hydrogen-bond acceptors (Lipinski definition) is 3. The predicted octanol–water partition coefficient (Wildman–Crippen LogP) is 1.96. The van der Waals surface area contributed by atoms with Crippen molar-refractivity contribution in [3.05, 3.63) is 29.3 Å². The molecule has 1 atom stereocenters. The minimum Gasteiger partial charge on any atom is -0.491 e. The Labute approximate surface area is 89.7 Å². The van der Waals surface area contributed by atoms with Gasteiger partial charge in [0.1, 0.15) is 12.4 Å². The first-order valence-corrected chi connectivity index (χ1v) is 4.93. The normalized spacial score (nSPS) is 12.3. The molecule has 1 aromatic rings. The van der Waals surface area contributed by atoms with Gasteiger partial charge in [0.15, 0.2) is 5.78 Å². The lowest BCUT2D eigenvalue weighted by atomic mass is 10.1. The van der Waals surface area contributed by atoms with Crippen molar-refractivity contribution >= 4 is 5.78 Å². The molecule has 3 heteroatoms. The third kappa shape index (κ3) is 3.36. The molecule has 0 saturated carbocycles. The maximum atomic E-state index is 11.1. The number of Topliss-reactive ketones (excluding diaryl/α,β-unsaturated/α-hetero) is 1. The lowest BCUT2D eigenvalue weighted by molar-refractivity contribution is 0.101. The van der Waals surface area contributed by atoms with Gasteiger partial charge < -0.3 is 9.84 Å². The number of aryl methyl sites for hydroxylation is 1. The van der Waals surface area contributed by atoms with Crippen molar-refractivity contribution in [3.63, 3.8) is 0 Å². The van der Waals surface area contributed by atoms with Crippen LogP contribution >= 0.6 is 0 Å². The standard InChI is InChI=1S/C12H16O3/c1-8-6-11(10(3)14)4-5-12(8)15-7-9(2)13/h4-6,9,13H,7H2,1-3H3. The second-order valence-corrected chi connectivity index (χ2v) is 3.70. The SMILES string of the molecule is CC(=O)c1ccc(OCC(C)O)c(C)c1. The minimum atomic E-state index is -0.489. The smallest absolute Gasteiger partial charge is 0.159 e. The van der Waals surface area contributed by atoms with Crippen LogP contribution in [0.3, 0.4) is 0 Å². The van der Waals surface area contributed by atoms with Crippen molar-refractivity contribution in [1.82, 2.24) is 0 Å². The van der Waals surface area contributed by atoms with Gasteiger partial charge in [0.25, 0.3) is 0 Å². The summed E-state index contributed by atoms with van der Waals surface area (Å²) >= 11 is 0. The van der Waals surface area contributed by atoms with Gasteiger partial charge in [0.05, 0.1) is 6.10 Å². The summed E-state index contributed by atoms with van der Waals surface area (Å²) in [4.78, 5) is 11.1. The van der Waals surface area contributed by atoms with Gasteiger partial charge in [0.2, 0.25) is 0 Å². The van der Waals surface area contributed by atoms with Crippen molar-refractivity contribution in [1.29, 1.82) is 0 Å². The monoisotopic (exact) mass is 208 g/mol. The van der Waals surface area contributed by atoms with Crippen LogP contribution in [0.15, 0.2) is 18.2 Å². The van der Waals surface area contributed by atoms with Crippen LogP contribution in [-0.4, -0.2) is 23.6 Å². The molecule has 3 nitrogen and oxygen atoms in total. The summed E-state index contributed by atoms with van der Waals surface area (Å²) in [5.74, 6) is 0.751. The molecule has 0 bridgehead atoms. The molecule has 0 spiro atoms. The summed E-state index contributed by atoms with van der Waals surface area (Å²) in [5, 5.41) is 9.07. The van der Waals surface area contributed by atoms with Gasteiger partial charge in [-0.3, -0.25) is 4.79 Å². The molecule has 1 aromatic carbocycles. The van der Waals surface area contributed by atoms with Gasteiger partial charge in [-0.05, 0) is 44.5 Å². The first-order chi connectivity index (χ1) is 7.00. The fraction of sp³-hybridized carbons (Fsp3) is 0.417. The molecule has 0 heterocycles. The largest absolute Gasteiger partial charge is 0.491 e. The first kappa shape index (κ1) is 11.7. The van der Waals surface area contributed by atoms with Gasteiger partial charge >= 0.3 is 0 Å². The quantitative estimate of drug-likeness (QED) is 0.769. The van der Waals surface area contributed by atoms with E-state index < -0.39 is 6.10 Å². The highest BCUT2D eigenvalue weighted by atomic mass is 16.5. The van der Waals surface area contributed by atoms with E-state index >= 15 is 0 Å². The molecule has 0 aliphatic heterocycles. The summed E-state index contributed by atoms with van der Waals surface area (Å²) < 4.78 is 5.37. The van der Waals surface area contributed by atoms with E-state index in [0.717, 1.165) is 5.56 Å². The van der Waals surface area contributed by atoms with E-state index in [1.165, 1.54) is 6.92 Å². The molecule has 1 unspecified atom stereocenters. The summed E-state index contributed by atoms with van der Waals surface area (Å²) in [6.07, 6.45) is -0.489. The molecule has 0 fully saturated rings. The zero-order valence-electron chi connectivity index (χ0n) is 9.28. The minimum absolute atomic E-state index is 0.0418. The molecule has 0 aliphatic rings. The Bertz CT molecular complexity index is 356. The van der Waals surface area contributed by atoms with Crippen molar-refractivity contribution in [2.24, 2.45) is 0 Å². The highest BCUT2D eigenvalue weighted by molar-refractivity contribution is 5.94. The maximum absolute atomic E-state index is 11.1. The molecule has 0 aromatic heterocycles. The second kappa shape index (κ2) is 4.94. The van der Waals surface area contributed by atoms with E-state index in [2.05, 4.69) is 0 Å². The average molecular weight is 208 g/mol. The highest BCUT2D eigenvalue weighted by Crippen LogP contribution is 2.19. The molecule has 0 amide bonds. The van der Waals surface area contributed by atoms with E-state index in [9.17, 15) is 4.79 Å². The van der Waals surface area contributed by atoms with E-state index in [1.807, 2.05) is 6.92 Å². The second-order valence-electron chi connectivity index (χ2n) is 3.70. The summed E-state index contributed by atoms with van der Waals surface area (Å²) in [6.45, 7) is 5.34. The molecular weight excluding hydrogens is 192 g/mol. The number of hydrogen-bond donors (Lipinski definition) is 1. The average Bonchev–Trinajstić information content (AvgIpc) is 2.15. The number of benzene rings is 1. The predicted molar refractivity (Wildman–Crippen MR) is 58.4 cm³/mol. The van der Waals surface area contributed by atoms with Gasteiger partial charge in [-0.25, -0.2) is 0 Å². The lowest BCUT2D eigenvalue weighted by Crippen LogP contribution is -2.13. The molecule has 1 N–H and O–H groups in total. The van der Waals surface area contributed by atoms with Crippen molar-refractivity contribution in [3.8, 4) is 5.75 Å². The van der Waals surface area contributed by atoms with Crippen LogP contribution < -0.4 is 4.74 Å². The summed E-state index contributed by atoms with van der Waals surface area (Å²) in [5.41, 5.74) is 1.58. The molecule has 15 heavy (non-hydrogen) atoms. The number of aliphatic hydroxyl groups excluding tert-OH is 1. The van der Waals surface area contributed by atoms with Crippen LogP contribution in [0.4, 0.5) is 0 Å². The first-order valence-electron chi connectivity index (χ1n) is 4.93. The molecule has 0 aliphatic carbocycles. The molecular formula is C12H16O3. The fourth-order valence-corrected chi connectivity index (χ4v) is 1.24. The molecule has 1 rings (SSSR count). The van der Waals surface area contributed by atoms with Crippen LogP contribution in [0.2, 0.25) is 0 Å². The topological polar surface area (TPSA) is 46.5 Å². The Morgan fingerprint density at radius 3 is 2.67 bits per heavy atom. The van der Waals surface area contributed by atoms with Crippen molar-refractivity contribution in [2.45, 2.75) is 26.9 Å². The number of carbonyl (C=O) groups is 1. The van der Waals surface area contributed by atoms with E-state index in [1.54, 1.807) is 25.1 Å². The van der Waals surface area contributed by atoms with Crippen molar-refractivity contribution in [2.75, 3.05) is 6.61 Å². The van der Waals surface area contributed by atoms with Gasteiger partial charge in [-0.1, -0.05) is 0 Å². The van der Waals surface area contributed by atoms with Crippen molar-refractivity contribution < 1.29 is 14.6 Å². The number of ether oxygens (including phenoxy) is 1. The fourth-order valence-electron chi connectivity index (χ4n) is 1.24. The number of aliphatic hydroxyl groups is 1. The van der Waals surface area contributed by atoms with Crippen LogP contribution in [0, 0.1) is 6.92 Å². The molecule has 82 valence electrons. The van der Waals surface area contributed by atoms with E-state index in [4.69, 9.17) is 9.84 Å². The Kier molecular flexibility index (Phi) is 3.86. The lowest BCUT2D eigenvalue weighted by Gasteiger charge is -2.11. The summed E-state index contributed by atoms with van der Waals surface area (Å²) in [6, 6.07) is 5.28. The van der Waals surface area contributed by atoms with Gasteiger partial charge in [-0.15, -0.1) is 0 Å². The van der Waals surface area contributed by atoms with Gasteiger partial charge in [0, 0.05) is 5.56 Å². The third-order valence-electron chi connectivity index (χ3n) is 2.06. The van der Waals surface area contributed by atoms with Crippen LogP contribution in [0.25, 0.3) is 0 Å². The van der Waals surface area contributed by atoms with Crippen LogP contribution in [-0.2, 0) is 0 Å². The van der Waals surface area contributed by atoms with E-state index in [0.29, 0.717) is 11.3 Å². The number of carbonyl (C=O) groups excluding carboxylic acids is 1. The Morgan fingerprint density at radius 1 is 1.53 bits per heavy atom. The highest BCUT2D eigenvalue weighted by Gasteiger charge is 2.05. The summed E-state index contributed by atoms with van der Waals surface area (Å²) in [7, 11) is 0. The number of rotatable bonds is 4. The van der Waals surface area contributed by atoms with Gasteiger partial charge in [-0.2, -0.15) is 0 Å². The molecule has 0 radical (unpaired) electrons. The Balaban J connectivity index is 2.79. The Morgan fingerprint density at radius 2 is 2.20 bits per heavy atom. The zero-order chi connectivity index (χ0) is 11.4. The van der Waals surface area contributed by atoms with Crippen LogP contribution in [0.5, 0.6) is 5.75 Å². The Hall–Kier alpha value is -1.35. The maximum Gasteiger partial charge on any atom is 0.159 e. The number of ketones is 1. The zero-order valence-corrected chi connectivity index (χ0v) is 9.28.